The Hall–Kier alpha value is -3.43. The first-order valence-electron chi connectivity index (χ1n) is 14.1. The third-order valence-electron chi connectivity index (χ3n) is 8.73. The van der Waals surface area contributed by atoms with Crippen LogP contribution >= 0.6 is 0 Å². The fourth-order valence-electron chi connectivity index (χ4n) is 6.31. The molecular formula is C30H39N7O2. The number of hydrogen-bond donors (Lipinski definition) is 0. The smallest absolute Gasteiger partial charge is 0.320 e. The summed E-state index contributed by atoms with van der Waals surface area (Å²) in [7, 11) is 6.44. The molecule has 3 aliphatic rings. The van der Waals surface area contributed by atoms with Crippen LogP contribution in [0.3, 0.4) is 0 Å². The van der Waals surface area contributed by atoms with Crippen molar-refractivity contribution in [3.63, 3.8) is 0 Å². The topological polar surface area (TPSA) is 70.0 Å². The second-order valence-electron chi connectivity index (χ2n) is 11.2. The number of carbonyl (C=O) groups excluding carboxylic acids is 1. The van der Waals surface area contributed by atoms with Crippen LogP contribution in [0.15, 0.2) is 36.9 Å². The number of ether oxygens (including phenoxy) is 1. The minimum absolute atomic E-state index is 0.0204. The molecule has 1 aromatic carbocycles. The number of amides is 1. The van der Waals surface area contributed by atoms with Crippen molar-refractivity contribution in [3.8, 4) is 17.3 Å². The molecule has 0 spiro atoms. The Bertz CT molecular complexity index is 1390. The van der Waals surface area contributed by atoms with Crippen LogP contribution in [-0.2, 0) is 24.8 Å². The van der Waals surface area contributed by atoms with Crippen LogP contribution in [0.25, 0.3) is 22.3 Å². The second-order valence-corrected chi connectivity index (χ2v) is 11.2. The summed E-state index contributed by atoms with van der Waals surface area (Å²) in [6.07, 6.45) is 4.79. The quantitative estimate of drug-likeness (QED) is 0.455. The number of aromatic nitrogens is 3. The molecule has 0 saturated carbocycles. The Morgan fingerprint density at radius 1 is 1.10 bits per heavy atom. The third-order valence-corrected chi connectivity index (χ3v) is 8.73. The molecule has 1 atom stereocenters. The van der Waals surface area contributed by atoms with Crippen LogP contribution in [0.2, 0.25) is 0 Å². The third kappa shape index (κ3) is 4.89. The van der Waals surface area contributed by atoms with Crippen molar-refractivity contribution in [2.24, 2.45) is 7.05 Å². The summed E-state index contributed by atoms with van der Waals surface area (Å²) in [4.78, 5) is 31.0. The average molecular weight is 530 g/mol. The van der Waals surface area contributed by atoms with Crippen LogP contribution in [0, 0.1) is 0 Å². The molecule has 1 amide bonds. The fraction of sp³-hybridized carbons (Fsp3) is 0.500. The van der Waals surface area contributed by atoms with E-state index in [-0.39, 0.29) is 5.91 Å². The van der Waals surface area contributed by atoms with Crippen molar-refractivity contribution in [1.82, 2.24) is 29.2 Å². The molecule has 39 heavy (non-hydrogen) atoms. The first kappa shape index (κ1) is 25.8. The molecule has 6 rings (SSSR count). The van der Waals surface area contributed by atoms with Gasteiger partial charge in [0.2, 0.25) is 5.91 Å². The number of likely N-dealkylation sites (N-methyl/N-ethyl adjacent to an activating group) is 2. The number of anilines is 1. The van der Waals surface area contributed by atoms with Gasteiger partial charge in [0, 0.05) is 57.9 Å². The lowest BCUT2D eigenvalue weighted by molar-refractivity contribution is -0.126. The Morgan fingerprint density at radius 2 is 1.92 bits per heavy atom. The maximum Gasteiger partial charge on any atom is 0.320 e. The molecule has 3 aromatic rings. The highest BCUT2D eigenvalue weighted by atomic mass is 16.5. The van der Waals surface area contributed by atoms with E-state index in [4.69, 9.17) is 14.7 Å². The van der Waals surface area contributed by atoms with Crippen LogP contribution in [-0.4, -0.2) is 101 Å². The van der Waals surface area contributed by atoms with Crippen molar-refractivity contribution in [2.75, 3.05) is 64.9 Å². The van der Waals surface area contributed by atoms with Crippen molar-refractivity contribution in [1.29, 1.82) is 0 Å². The first-order valence-corrected chi connectivity index (χ1v) is 14.1. The molecule has 0 N–H and O–H groups in total. The van der Waals surface area contributed by atoms with Gasteiger partial charge in [-0.25, -0.2) is 0 Å². The lowest BCUT2D eigenvalue weighted by Gasteiger charge is -2.35. The van der Waals surface area contributed by atoms with Gasteiger partial charge in [0.1, 0.15) is 18.1 Å². The summed E-state index contributed by atoms with van der Waals surface area (Å²) >= 11 is 0. The molecule has 0 bridgehead atoms. The normalized spacial score (nSPS) is 20.4. The number of rotatable bonds is 6. The van der Waals surface area contributed by atoms with Crippen molar-refractivity contribution in [3.05, 3.63) is 48.0 Å². The monoisotopic (exact) mass is 529 g/mol. The van der Waals surface area contributed by atoms with E-state index in [1.54, 1.807) is 0 Å². The molecule has 9 heteroatoms. The van der Waals surface area contributed by atoms with Gasteiger partial charge in [-0.15, -0.1) is 0 Å². The number of aryl methyl sites for hydroxylation is 1. The number of piperazine rings is 1. The summed E-state index contributed by atoms with van der Waals surface area (Å²) in [5, 5.41) is 1.02. The lowest BCUT2D eigenvalue weighted by atomic mass is 9.93. The van der Waals surface area contributed by atoms with Gasteiger partial charge in [0.25, 0.3) is 0 Å². The van der Waals surface area contributed by atoms with Gasteiger partial charge in [-0.1, -0.05) is 24.8 Å². The molecule has 2 fully saturated rings. The van der Waals surface area contributed by atoms with E-state index in [0.717, 1.165) is 55.0 Å². The fourth-order valence-corrected chi connectivity index (χ4v) is 6.31. The van der Waals surface area contributed by atoms with Crippen molar-refractivity contribution >= 4 is 22.8 Å². The molecule has 206 valence electrons. The highest BCUT2D eigenvalue weighted by Gasteiger charge is 2.27. The zero-order valence-electron chi connectivity index (χ0n) is 23.4. The molecule has 2 saturated heterocycles. The van der Waals surface area contributed by atoms with E-state index >= 15 is 0 Å². The molecule has 5 heterocycles. The second kappa shape index (κ2) is 10.6. The maximum atomic E-state index is 12.2. The van der Waals surface area contributed by atoms with Gasteiger partial charge in [-0.05, 0) is 63.2 Å². The van der Waals surface area contributed by atoms with Crippen LogP contribution in [0.1, 0.15) is 24.0 Å². The first-order chi connectivity index (χ1) is 18.9. The predicted octanol–water partition coefficient (Wildman–Crippen LogP) is 2.93. The largest absolute Gasteiger partial charge is 0.462 e. The van der Waals surface area contributed by atoms with E-state index in [9.17, 15) is 4.79 Å². The van der Waals surface area contributed by atoms with E-state index < -0.39 is 0 Å². The zero-order valence-corrected chi connectivity index (χ0v) is 23.4. The molecule has 3 aliphatic heterocycles. The summed E-state index contributed by atoms with van der Waals surface area (Å²) in [5.41, 5.74) is 6.08. The molecule has 9 nitrogen and oxygen atoms in total. The van der Waals surface area contributed by atoms with E-state index in [0.29, 0.717) is 44.8 Å². The maximum absolute atomic E-state index is 12.2. The predicted molar refractivity (Wildman–Crippen MR) is 154 cm³/mol. The van der Waals surface area contributed by atoms with Crippen LogP contribution < -0.4 is 9.64 Å². The highest BCUT2D eigenvalue weighted by Crippen LogP contribution is 2.37. The average Bonchev–Trinajstić information content (AvgIpc) is 3.52. The minimum atomic E-state index is -0.0204. The zero-order chi connectivity index (χ0) is 27.1. The van der Waals surface area contributed by atoms with Gasteiger partial charge in [-0.2, -0.15) is 9.97 Å². The molecule has 0 aliphatic carbocycles. The number of carbonyl (C=O) groups is 1. The summed E-state index contributed by atoms with van der Waals surface area (Å²) in [6, 6.07) is 9.71. The molecule has 0 unspecified atom stereocenters. The van der Waals surface area contributed by atoms with E-state index in [2.05, 4.69) is 71.3 Å². The van der Waals surface area contributed by atoms with Crippen molar-refractivity contribution < 1.29 is 9.53 Å². The number of fused-ring (bicyclic) bond motifs is 2. The summed E-state index contributed by atoms with van der Waals surface area (Å²) < 4.78 is 8.45. The standard InChI is InChI=1S/C30H39N7O2/c1-5-27(38)36-14-16-37(17-15-36)29-24-18-26(23-10-6-8-21-11-13-33(2)19-25(21)23)35(4)28(24)31-30(32-29)39-20-22-9-7-12-34(22)3/h5-6,8,10,18,22H,1,7,9,11-17,19-20H2,2-4H3/t22-/m0/s1. The number of likely N-dealkylation sites (tertiary alicyclic amines) is 1. The number of hydrogen-bond acceptors (Lipinski definition) is 7. The summed E-state index contributed by atoms with van der Waals surface area (Å²) in [6.45, 7) is 10.0. The Balaban J connectivity index is 1.40. The van der Waals surface area contributed by atoms with E-state index in [1.807, 2.05) is 4.90 Å². The Labute approximate surface area is 230 Å². The lowest BCUT2D eigenvalue weighted by Crippen LogP contribution is -2.48. The van der Waals surface area contributed by atoms with E-state index in [1.165, 1.54) is 29.2 Å². The van der Waals surface area contributed by atoms with Crippen molar-refractivity contribution in [2.45, 2.75) is 31.8 Å². The van der Waals surface area contributed by atoms with Gasteiger partial charge in [0.05, 0.1) is 11.1 Å². The van der Waals surface area contributed by atoms with Gasteiger partial charge in [0.15, 0.2) is 0 Å². The molecule has 0 radical (unpaired) electrons. The molecular weight excluding hydrogens is 490 g/mol. The van der Waals surface area contributed by atoms with Crippen LogP contribution in [0.5, 0.6) is 6.01 Å². The molecule has 2 aromatic heterocycles. The summed E-state index contributed by atoms with van der Waals surface area (Å²) in [5.74, 6) is 0.859. The minimum Gasteiger partial charge on any atom is -0.462 e. The number of nitrogens with zero attached hydrogens (tertiary/aromatic N) is 7. The SMILES string of the molecule is C=CC(=O)N1CCN(c2nc(OC[C@@H]3CCCN3C)nc3c2cc(-c2cccc4c2CN(C)CC4)n3C)CC1. The Kier molecular flexibility index (Phi) is 7.03. The highest BCUT2D eigenvalue weighted by molar-refractivity contribution is 5.94. The van der Waals surface area contributed by atoms with Gasteiger partial charge >= 0.3 is 6.01 Å². The Morgan fingerprint density at radius 3 is 2.67 bits per heavy atom. The van der Waals surface area contributed by atoms with Crippen LogP contribution in [0.4, 0.5) is 5.82 Å². The number of benzene rings is 1. The van der Waals surface area contributed by atoms with Gasteiger partial charge < -0.3 is 28.9 Å². The van der Waals surface area contributed by atoms with Gasteiger partial charge in [-0.3, -0.25) is 4.79 Å².